The van der Waals surface area contributed by atoms with Crippen LogP contribution in [0.4, 0.5) is 11.5 Å². The Balaban J connectivity index is 1.83. The number of aromatic nitrogens is 2. The molecule has 0 fully saturated rings. The number of nitrogens with zero attached hydrogens (tertiary/aromatic N) is 2. The molecule has 0 spiro atoms. The van der Waals surface area contributed by atoms with Crippen LogP contribution in [0.2, 0.25) is 0 Å². The molecule has 3 rings (SSSR count). The molecule has 33 heavy (non-hydrogen) atoms. The van der Waals surface area contributed by atoms with E-state index in [0.29, 0.717) is 0 Å². The van der Waals surface area contributed by atoms with Gasteiger partial charge in [0.25, 0.3) is 5.56 Å². The highest BCUT2D eigenvalue weighted by Gasteiger charge is 2.23. The molecule has 0 bridgehead atoms. The van der Waals surface area contributed by atoms with Gasteiger partial charge in [-0.2, -0.15) is 0 Å². The molecule has 0 aliphatic heterocycles. The Bertz CT molecular complexity index is 1230. The van der Waals surface area contributed by atoms with Crippen molar-refractivity contribution in [2.24, 2.45) is 0 Å². The molecule has 1 amide bonds. The van der Waals surface area contributed by atoms with Crippen molar-refractivity contribution in [1.82, 2.24) is 9.55 Å². The monoisotopic (exact) mass is 466 g/mol. The van der Waals surface area contributed by atoms with Crippen LogP contribution in [0.1, 0.15) is 38.8 Å². The smallest absolute Gasteiger partial charge is 0.330 e. The molecule has 0 aliphatic rings. The Labute approximate surface area is 197 Å². The van der Waals surface area contributed by atoms with E-state index in [1.54, 1.807) is 6.92 Å². The highest BCUT2D eigenvalue weighted by atomic mass is 32.2. The average Bonchev–Trinajstić information content (AvgIpc) is 2.78. The molecule has 0 saturated carbocycles. The summed E-state index contributed by atoms with van der Waals surface area (Å²) in [6.07, 6.45) is 0. The molecule has 3 N–H and O–H groups in total. The fourth-order valence-corrected chi connectivity index (χ4v) is 4.27. The molecule has 3 aromatic rings. The van der Waals surface area contributed by atoms with Gasteiger partial charge in [0.2, 0.25) is 5.91 Å². The largest absolute Gasteiger partial charge is 0.383 e. The number of aromatic amines is 1. The molecule has 1 aromatic heterocycles. The van der Waals surface area contributed by atoms with Crippen LogP contribution in [0, 0.1) is 0 Å². The minimum atomic E-state index is -0.670. The lowest BCUT2D eigenvalue weighted by molar-refractivity contribution is -0.116. The lowest BCUT2D eigenvalue weighted by Crippen LogP contribution is -2.41. The molecule has 8 heteroatoms. The molecule has 0 saturated heterocycles. The lowest BCUT2D eigenvalue weighted by atomic mass is 9.87. The molecule has 0 unspecified atom stereocenters. The number of nitrogen functional groups attached to an aromatic ring is 1. The Kier molecular flexibility index (Phi) is 7.48. The molecular formula is C25H30N4O3S. The summed E-state index contributed by atoms with van der Waals surface area (Å²) in [5.74, 6) is -0.147. The Hall–Kier alpha value is -3.26. The van der Waals surface area contributed by atoms with E-state index in [-0.39, 0.29) is 41.7 Å². The maximum absolute atomic E-state index is 13.0. The maximum atomic E-state index is 13.0. The first-order valence-electron chi connectivity index (χ1n) is 10.8. The van der Waals surface area contributed by atoms with Crippen molar-refractivity contribution in [3.05, 3.63) is 86.6 Å². The molecule has 2 aromatic carbocycles. The number of carbonyl (C=O) groups is 1. The predicted molar refractivity (Wildman–Crippen MR) is 135 cm³/mol. The van der Waals surface area contributed by atoms with Gasteiger partial charge in [-0.05, 0) is 35.6 Å². The lowest BCUT2D eigenvalue weighted by Gasteiger charge is -2.23. The van der Waals surface area contributed by atoms with Gasteiger partial charge in [-0.1, -0.05) is 63.2 Å². The van der Waals surface area contributed by atoms with E-state index in [4.69, 9.17) is 5.73 Å². The minimum absolute atomic E-state index is 0.00158. The van der Waals surface area contributed by atoms with E-state index in [2.05, 4.69) is 37.9 Å². The highest BCUT2D eigenvalue weighted by molar-refractivity contribution is 8.00. The molecule has 7 nitrogen and oxygen atoms in total. The molecule has 0 radical (unpaired) electrons. The van der Waals surface area contributed by atoms with Gasteiger partial charge < -0.3 is 10.6 Å². The second-order valence-corrected chi connectivity index (χ2v) is 9.81. The normalized spacial score (nSPS) is 11.4. The van der Waals surface area contributed by atoms with Gasteiger partial charge >= 0.3 is 5.69 Å². The number of nitrogens with one attached hydrogen (secondary N) is 1. The number of benzene rings is 2. The van der Waals surface area contributed by atoms with Gasteiger partial charge in [0.15, 0.2) is 5.69 Å². The van der Waals surface area contributed by atoms with E-state index in [1.165, 1.54) is 26.8 Å². The summed E-state index contributed by atoms with van der Waals surface area (Å²) in [5.41, 5.74) is 7.10. The quantitative estimate of drug-likeness (QED) is 0.518. The molecule has 0 atom stereocenters. The predicted octanol–water partition coefficient (Wildman–Crippen LogP) is 3.61. The molecule has 174 valence electrons. The van der Waals surface area contributed by atoms with Gasteiger partial charge in [-0.3, -0.25) is 19.1 Å². The highest BCUT2D eigenvalue weighted by Crippen LogP contribution is 2.26. The summed E-state index contributed by atoms with van der Waals surface area (Å²) in [6, 6.07) is 17.4. The van der Waals surface area contributed by atoms with E-state index < -0.39 is 11.2 Å². The fraction of sp³-hybridized carbons (Fsp3) is 0.320. The zero-order valence-electron chi connectivity index (χ0n) is 19.4. The van der Waals surface area contributed by atoms with Gasteiger partial charge in [-0.15, -0.1) is 11.8 Å². The van der Waals surface area contributed by atoms with Gasteiger partial charge in [0, 0.05) is 11.4 Å². The van der Waals surface area contributed by atoms with E-state index in [9.17, 15) is 14.4 Å². The van der Waals surface area contributed by atoms with Gasteiger partial charge in [0.1, 0.15) is 5.82 Å². The molecule has 0 aliphatic carbocycles. The topological polar surface area (TPSA) is 101 Å². The van der Waals surface area contributed by atoms with Crippen LogP contribution in [0.15, 0.2) is 69.1 Å². The summed E-state index contributed by atoms with van der Waals surface area (Å²) in [5, 5.41) is 0. The van der Waals surface area contributed by atoms with Crippen molar-refractivity contribution in [3.63, 3.8) is 0 Å². The van der Waals surface area contributed by atoms with E-state index in [1.807, 2.05) is 42.5 Å². The number of carbonyl (C=O) groups excluding carboxylic acids is 1. The van der Waals surface area contributed by atoms with Gasteiger partial charge in [-0.25, -0.2) is 4.79 Å². The number of hydrogen-bond acceptors (Lipinski definition) is 5. The summed E-state index contributed by atoms with van der Waals surface area (Å²) in [6.45, 7) is 8.66. The number of hydrogen-bond donors (Lipinski definition) is 2. The minimum Gasteiger partial charge on any atom is -0.383 e. The van der Waals surface area contributed by atoms with Crippen molar-refractivity contribution in [3.8, 4) is 0 Å². The fourth-order valence-electron chi connectivity index (χ4n) is 3.49. The van der Waals surface area contributed by atoms with E-state index >= 15 is 0 Å². The van der Waals surface area contributed by atoms with Crippen LogP contribution >= 0.6 is 11.8 Å². The third-order valence-corrected chi connectivity index (χ3v) is 6.36. The van der Waals surface area contributed by atoms with Crippen LogP contribution in [0.25, 0.3) is 0 Å². The summed E-state index contributed by atoms with van der Waals surface area (Å²) in [4.78, 5) is 42.7. The zero-order chi connectivity index (χ0) is 24.2. The zero-order valence-corrected chi connectivity index (χ0v) is 20.2. The van der Waals surface area contributed by atoms with Crippen LogP contribution < -0.4 is 21.9 Å². The third kappa shape index (κ3) is 5.76. The first kappa shape index (κ1) is 24.4. The van der Waals surface area contributed by atoms with Crippen LogP contribution in [-0.4, -0.2) is 27.8 Å². The maximum Gasteiger partial charge on any atom is 0.330 e. The van der Waals surface area contributed by atoms with Crippen molar-refractivity contribution in [2.75, 3.05) is 22.9 Å². The van der Waals surface area contributed by atoms with Crippen LogP contribution in [-0.2, 0) is 16.8 Å². The SMILES string of the molecule is CCN(C(=O)CSc1ccc(C(C)(C)C)cc1)c1c(N)n(Cc2ccccc2)c(=O)[nH]c1=O. The number of rotatable bonds is 7. The van der Waals surface area contributed by atoms with Crippen molar-refractivity contribution in [1.29, 1.82) is 0 Å². The summed E-state index contributed by atoms with van der Waals surface area (Å²) in [7, 11) is 0. The standard InChI is InChI=1S/C25H30N4O3S/c1-5-28(20(30)16-33-19-13-11-18(12-14-19)25(2,3)4)21-22(26)29(24(32)27-23(21)31)15-17-9-7-6-8-10-17/h6-14H,5,15-16,26H2,1-4H3,(H,27,31,32). The first-order chi connectivity index (χ1) is 15.6. The Morgan fingerprint density at radius 3 is 2.27 bits per heavy atom. The Morgan fingerprint density at radius 1 is 1.06 bits per heavy atom. The molecular weight excluding hydrogens is 436 g/mol. The summed E-state index contributed by atoms with van der Waals surface area (Å²) >= 11 is 1.40. The third-order valence-electron chi connectivity index (χ3n) is 5.37. The molecule has 1 heterocycles. The van der Waals surface area contributed by atoms with Gasteiger partial charge in [0.05, 0.1) is 12.3 Å². The second-order valence-electron chi connectivity index (χ2n) is 8.77. The number of amides is 1. The van der Waals surface area contributed by atoms with Crippen molar-refractivity contribution in [2.45, 2.75) is 44.6 Å². The second kappa shape index (κ2) is 10.1. The van der Waals surface area contributed by atoms with Crippen LogP contribution in [0.5, 0.6) is 0 Å². The average molecular weight is 467 g/mol. The Morgan fingerprint density at radius 2 is 1.70 bits per heavy atom. The van der Waals surface area contributed by atoms with Crippen LogP contribution in [0.3, 0.4) is 0 Å². The van der Waals surface area contributed by atoms with Crippen molar-refractivity contribution >= 4 is 29.2 Å². The number of anilines is 2. The number of nitrogens with two attached hydrogens (primary N) is 1. The number of thioether (sulfide) groups is 1. The van der Waals surface area contributed by atoms with Crippen molar-refractivity contribution < 1.29 is 4.79 Å². The summed E-state index contributed by atoms with van der Waals surface area (Å²) < 4.78 is 1.28. The first-order valence-corrected chi connectivity index (χ1v) is 11.8. The van der Waals surface area contributed by atoms with E-state index in [0.717, 1.165) is 10.5 Å². The number of H-pyrrole nitrogens is 1.